The van der Waals surface area contributed by atoms with Crippen LogP contribution in [0, 0.1) is 0 Å². The molecule has 0 saturated carbocycles. The van der Waals surface area contributed by atoms with Gasteiger partial charge in [-0.25, -0.2) is 4.98 Å². The molecular formula is C17H20N4O2. The van der Waals surface area contributed by atoms with Gasteiger partial charge in [0, 0.05) is 38.6 Å². The highest BCUT2D eigenvalue weighted by Crippen LogP contribution is 2.28. The quantitative estimate of drug-likeness (QED) is 0.862. The molecule has 6 heteroatoms. The van der Waals surface area contributed by atoms with E-state index in [4.69, 9.17) is 4.74 Å². The molecular weight excluding hydrogens is 292 g/mol. The van der Waals surface area contributed by atoms with Gasteiger partial charge in [0.25, 0.3) is 5.91 Å². The SMILES string of the molecule is CCOc1ccccc1N1CCN(C(=O)c2cnccn2)CC1. The summed E-state index contributed by atoms with van der Waals surface area (Å²) < 4.78 is 5.69. The van der Waals surface area contributed by atoms with Gasteiger partial charge in [-0.05, 0) is 19.1 Å². The van der Waals surface area contributed by atoms with Gasteiger partial charge >= 0.3 is 0 Å². The normalized spacial score (nSPS) is 14.7. The number of anilines is 1. The van der Waals surface area contributed by atoms with Gasteiger partial charge in [-0.3, -0.25) is 9.78 Å². The number of aromatic nitrogens is 2. The molecule has 1 fully saturated rings. The van der Waals surface area contributed by atoms with Gasteiger partial charge in [0.15, 0.2) is 0 Å². The Kier molecular flexibility index (Phi) is 4.71. The predicted octanol–water partition coefficient (Wildman–Crippen LogP) is 1.84. The minimum atomic E-state index is -0.0594. The molecule has 0 aliphatic carbocycles. The second-order valence-electron chi connectivity index (χ2n) is 5.27. The molecule has 6 nitrogen and oxygen atoms in total. The highest BCUT2D eigenvalue weighted by atomic mass is 16.5. The number of hydrogen-bond donors (Lipinski definition) is 0. The second-order valence-corrected chi connectivity index (χ2v) is 5.27. The van der Waals surface area contributed by atoms with Crippen LogP contribution in [0.25, 0.3) is 0 Å². The minimum absolute atomic E-state index is 0.0594. The van der Waals surface area contributed by atoms with Crippen molar-refractivity contribution in [3.05, 3.63) is 48.5 Å². The van der Waals surface area contributed by atoms with Crippen LogP contribution in [0.2, 0.25) is 0 Å². The number of amides is 1. The number of ether oxygens (including phenoxy) is 1. The molecule has 2 aromatic rings. The van der Waals surface area contributed by atoms with Crippen molar-refractivity contribution in [3.8, 4) is 5.75 Å². The first-order valence-electron chi connectivity index (χ1n) is 7.81. The van der Waals surface area contributed by atoms with Crippen molar-refractivity contribution < 1.29 is 9.53 Å². The van der Waals surface area contributed by atoms with Crippen LogP contribution in [0.5, 0.6) is 5.75 Å². The number of nitrogens with zero attached hydrogens (tertiary/aromatic N) is 4. The fourth-order valence-corrected chi connectivity index (χ4v) is 2.72. The van der Waals surface area contributed by atoms with Gasteiger partial charge in [0.05, 0.1) is 18.5 Å². The molecule has 1 aromatic heterocycles. The number of carbonyl (C=O) groups excluding carboxylic acids is 1. The van der Waals surface area contributed by atoms with E-state index >= 15 is 0 Å². The Hall–Kier alpha value is -2.63. The van der Waals surface area contributed by atoms with Crippen LogP contribution in [-0.2, 0) is 0 Å². The lowest BCUT2D eigenvalue weighted by atomic mass is 10.2. The molecule has 1 aliphatic rings. The molecule has 120 valence electrons. The van der Waals surface area contributed by atoms with E-state index in [0.29, 0.717) is 25.4 Å². The Morgan fingerprint density at radius 1 is 1.17 bits per heavy atom. The first kappa shape index (κ1) is 15.3. The van der Waals surface area contributed by atoms with Crippen molar-refractivity contribution in [1.82, 2.24) is 14.9 Å². The van der Waals surface area contributed by atoms with Crippen LogP contribution < -0.4 is 9.64 Å². The van der Waals surface area contributed by atoms with E-state index in [9.17, 15) is 4.79 Å². The van der Waals surface area contributed by atoms with Gasteiger partial charge in [0.2, 0.25) is 0 Å². The smallest absolute Gasteiger partial charge is 0.274 e. The van der Waals surface area contributed by atoms with Crippen LogP contribution in [0.1, 0.15) is 17.4 Å². The topological polar surface area (TPSA) is 58.6 Å². The highest BCUT2D eigenvalue weighted by Gasteiger charge is 2.24. The maximum Gasteiger partial charge on any atom is 0.274 e. The number of benzene rings is 1. The molecule has 3 rings (SSSR count). The van der Waals surface area contributed by atoms with Crippen molar-refractivity contribution in [1.29, 1.82) is 0 Å². The van der Waals surface area contributed by atoms with E-state index in [1.807, 2.05) is 30.0 Å². The third-order valence-electron chi connectivity index (χ3n) is 3.85. The minimum Gasteiger partial charge on any atom is -0.492 e. The first-order chi connectivity index (χ1) is 11.3. The van der Waals surface area contributed by atoms with Gasteiger partial charge in [-0.1, -0.05) is 12.1 Å². The van der Waals surface area contributed by atoms with E-state index in [2.05, 4.69) is 20.9 Å². The summed E-state index contributed by atoms with van der Waals surface area (Å²) in [5, 5.41) is 0. The van der Waals surface area contributed by atoms with Gasteiger partial charge in [0.1, 0.15) is 11.4 Å². The highest BCUT2D eigenvalue weighted by molar-refractivity contribution is 5.92. The van der Waals surface area contributed by atoms with Gasteiger partial charge < -0.3 is 14.5 Å². The summed E-state index contributed by atoms with van der Waals surface area (Å²) >= 11 is 0. The summed E-state index contributed by atoms with van der Waals surface area (Å²) in [6, 6.07) is 8.03. The van der Waals surface area contributed by atoms with Crippen LogP contribution in [0.3, 0.4) is 0 Å². The molecule has 2 heterocycles. The molecule has 1 aromatic carbocycles. The van der Waals surface area contributed by atoms with E-state index < -0.39 is 0 Å². The third-order valence-corrected chi connectivity index (χ3v) is 3.85. The summed E-state index contributed by atoms with van der Waals surface area (Å²) in [5.74, 6) is 0.833. The van der Waals surface area contributed by atoms with E-state index in [0.717, 1.165) is 24.5 Å². The third kappa shape index (κ3) is 3.41. The average Bonchev–Trinajstić information content (AvgIpc) is 2.63. The summed E-state index contributed by atoms with van der Waals surface area (Å²) in [5.41, 5.74) is 1.48. The Morgan fingerprint density at radius 3 is 2.65 bits per heavy atom. The lowest BCUT2D eigenvalue weighted by Crippen LogP contribution is -2.49. The van der Waals surface area contributed by atoms with E-state index in [-0.39, 0.29) is 5.91 Å². The van der Waals surface area contributed by atoms with Gasteiger partial charge in [-0.2, -0.15) is 0 Å². The van der Waals surface area contributed by atoms with Crippen molar-refractivity contribution in [2.75, 3.05) is 37.7 Å². The van der Waals surface area contributed by atoms with Crippen LogP contribution in [0.15, 0.2) is 42.9 Å². The first-order valence-corrected chi connectivity index (χ1v) is 7.81. The maximum atomic E-state index is 12.4. The van der Waals surface area contributed by atoms with Crippen molar-refractivity contribution in [3.63, 3.8) is 0 Å². The standard InChI is InChI=1S/C17H20N4O2/c1-2-23-16-6-4-3-5-15(16)20-9-11-21(12-10-20)17(22)14-13-18-7-8-19-14/h3-8,13H,2,9-12H2,1H3. The van der Waals surface area contributed by atoms with Crippen molar-refractivity contribution >= 4 is 11.6 Å². The molecule has 0 bridgehead atoms. The van der Waals surface area contributed by atoms with Crippen molar-refractivity contribution in [2.24, 2.45) is 0 Å². The zero-order valence-corrected chi connectivity index (χ0v) is 13.2. The van der Waals surface area contributed by atoms with Crippen LogP contribution in [-0.4, -0.2) is 53.6 Å². The molecule has 0 radical (unpaired) electrons. The molecule has 23 heavy (non-hydrogen) atoms. The van der Waals surface area contributed by atoms with Crippen molar-refractivity contribution in [2.45, 2.75) is 6.92 Å². The number of carbonyl (C=O) groups is 1. The van der Waals surface area contributed by atoms with Crippen LogP contribution >= 0.6 is 0 Å². The Morgan fingerprint density at radius 2 is 1.96 bits per heavy atom. The van der Waals surface area contributed by atoms with E-state index in [1.165, 1.54) is 6.20 Å². The molecule has 1 saturated heterocycles. The monoisotopic (exact) mass is 312 g/mol. The van der Waals surface area contributed by atoms with Crippen LogP contribution in [0.4, 0.5) is 5.69 Å². The zero-order chi connectivity index (χ0) is 16.1. The fraction of sp³-hybridized carbons (Fsp3) is 0.353. The zero-order valence-electron chi connectivity index (χ0n) is 13.2. The summed E-state index contributed by atoms with van der Waals surface area (Å²) in [6.07, 6.45) is 4.63. The summed E-state index contributed by atoms with van der Waals surface area (Å²) in [4.78, 5) is 24.5. The average molecular weight is 312 g/mol. The van der Waals surface area contributed by atoms with Gasteiger partial charge in [-0.15, -0.1) is 0 Å². The molecule has 1 amide bonds. The maximum absolute atomic E-state index is 12.4. The number of para-hydroxylation sites is 2. The second kappa shape index (κ2) is 7.09. The Balaban J connectivity index is 1.66. The molecule has 0 spiro atoms. The Bertz CT molecular complexity index is 655. The largest absolute Gasteiger partial charge is 0.492 e. The molecule has 0 N–H and O–H groups in total. The molecule has 1 aliphatic heterocycles. The lowest BCUT2D eigenvalue weighted by molar-refractivity contribution is 0.0740. The molecule has 0 unspecified atom stereocenters. The molecule has 0 atom stereocenters. The number of hydrogen-bond acceptors (Lipinski definition) is 5. The number of piperazine rings is 1. The summed E-state index contributed by atoms with van der Waals surface area (Å²) in [6.45, 7) is 5.49. The predicted molar refractivity (Wildman–Crippen MR) is 87.8 cm³/mol. The van der Waals surface area contributed by atoms with E-state index in [1.54, 1.807) is 12.4 Å². The summed E-state index contributed by atoms with van der Waals surface area (Å²) in [7, 11) is 0. The Labute approximate surface area is 135 Å². The number of rotatable bonds is 4. The fourth-order valence-electron chi connectivity index (χ4n) is 2.72. The lowest BCUT2D eigenvalue weighted by Gasteiger charge is -2.36.